The van der Waals surface area contributed by atoms with Gasteiger partial charge in [-0.25, -0.2) is 8.78 Å². The minimum absolute atomic E-state index is 0.0811. The summed E-state index contributed by atoms with van der Waals surface area (Å²) in [6.45, 7) is 5.86. The third-order valence-electron chi connectivity index (χ3n) is 3.79. The molecular weight excluding hydrogens is 384 g/mol. The number of benzene rings is 1. The zero-order valence-electron chi connectivity index (χ0n) is 15.0. The number of carbonyl (C=O) groups excluding carboxylic acids is 1. The van der Waals surface area contributed by atoms with E-state index in [0.717, 1.165) is 11.6 Å². The molecule has 1 atom stereocenters. The van der Waals surface area contributed by atoms with Crippen LogP contribution in [0.3, 0.4) is 0 Å². The number of pyridine rings is 1. The third kappa shape index (κ3) is 4.42. The molecule has 1 unspecified atom stereocenters. The van der Waals surface area contributed by atoms with Gasteiger partial charge in [-0.15, -0.1) is 16.8 Å². The molecule has 0 radical (unpaired) electrons. The lowest BCUT2D eigenvalue weighted by Crippen LogP contribution is -2.23. The van der Waals surface area contributed by atoms with Crippen molar-refractivity contribution in [2.24, 2.45) is 0 Å². The molecule has 2 aromatic heterocycles. The van der Waals surface area contributed by atoms with E-state index in [1.54, 1.807) is 31.5 Å². The Balaban J connectivity index is 1.78. The van der Waals surface area contributed by atoms with Crippen LogP contribution in [-0.2, 0) is 11.3 Å². The molecule has 1 N–H and O–H groups in total. The lowest BCUT2D eigenvalue weighted by molar-refractivity contribution is -0.115. The maximum atomic E-state index is 13.8. The molecule has 0 aliphatic rings. The lowest BCUT2D eigenvalue weighted by Gasteiger charge is -2.13. The fraction of sp³-hybridized carbons (Fsp3) is 0.158. The van der Waals surface area contributed by atoms with Crippen molar-refractivity contribution in [1.29, 1.82) is 0 Å². The highest BCUT2D eigenvalue weighted by Crippen LogP contribution is 2.27. The summed E-state index contributed by atoms with van der Waals surface area (Å²) in [6.07, 6.45) is 5.03. The largest absolute Gasteiger partial charge is 0.323 e. The second kappa shape index (κ2) is 8.75. The Morgan fingerprint density at radius 1 is 1.36 bits per heavy atom. The summed E-state index contributed by atoms with van der Waals surface area (Å²) in [7, 11) is 0. The average molecular weight is 401 g/mol. The van der Waals surface area contributed by atoms with Gasteiger partial charge in [0.05, 0.1) is 10.9 Å². The molecule has 9 heteroatoms. The van der Waals surface area contributed by atoms with Crippen molar-refractivity contribution < 1.29 is 13.6 Å². The highest BCUT2D eigenvalue weighted by atomic mass is 32.2. The molecule has 0 spiro atoms. The van der Waals surface area contributed by atoms with Gasteiger partial charge in [0.25, 0.3) is 0 Å². The Morgan fingerprint density at radius 2 is 2.18 bits per heavy atom. The molecule has 0 saturated heterocycles. The quantitative estimate of drug-likeness (QED) is 0.480. The fourth-order valence-corrected chi connectivity index (χ4v) is 3.27. The van der Waals surface area contributed by atoms with Crippen LogP contribution in [0, 0.1) is 11.6 Å². The number of anilines is 1. The first-order valence-electron chi connectivity index (χ1n) is 8.36. The number of hydrogen-bond donors (Lipinski definition) is 1. The molecule has 1 amide bonds. The smallest absolute Gasteiger partial charge is 0.237 e. The van der Waals surface area contributed by atoms with Gasteiger partial charge in [-0.1, -0.05) is 17.8 Å². The summed E-state index contributed by atoms with van der Waals surface area (Å²) < 4.78 is 28.6. The minimum atomic E-state index is -0.834. The summed E-state index contributed by atoms with van der Waals surface area (Å²) in [5, 5.41) is 10.7. The van der Waals surface area contributed by atoms with Gasteiger partial charge < -0.3 is 5.32 Å². The highest BCUT2D eigenvalue weighted by Gasteiger charge is 2.21. The molecule has 2 heterocycles. The van der Waals surface area contributed by atoms with Crippen LogP contribution < -0.4 is 5.32 Å². The van der Waals surface area contributed by atoms with Crippen LogP contribution in [0.25, 0.3) is 11.4 Å². The Bertz CT molecular complexity index is 993. The van der Waals surface area contributed by atoms with E-state index in [4.69, 9.17) is 0 Å². The van der Waals surface area contributed by atoms with Gasteiger partial charge in [0.15, 0.2) is 11.0 Å². The number of thioether (sulfide) groups is 1. The van der Waals surface area contributed by atoms with Gasteiger partial charge in [-0.2, -0.15) is 0 Å². The summed E-state index contributed by atoms with van der Waals surface area (Å²) in [5.74, 6) is -1.38. The molecule has 6 nitrogen and oxygen atoms in total. The van der Waals surface area contributed by atoms with Gasteiger partial charge in [-0.3, -0.25) is 14.3 Å². The summed E-state index contributed by atoms with van der Waals surface area (Å²) in [5.41, 5.74) is 0.705. The molecule has 28 heavy (non-hydrogen) atoms. The lowest BCUT2D eigenvalue weighted by atomic mass is 10.3. The molecule has 0 aliphatic carbocycles. The van der Waals surface area contributed by atoms with Crippen LogP contribution in [0.2, 0.25) is 0 Å². The van der Waals surface area contributed by atoms with E-state index in [-0.39, 0.29) is 5.69 Å². The maximum Gasteiger partial charge on any atom is 0.237 e. The summed E-state index contributed by atoms with van der Waals surface area (Å²) >= 11 is 1.17. The van der Waals surface area contributed by atoms with Crippen LogP contribution in [0.15, 0.2) is 60.5 Å². The van der Waals surface area contributed by atoms with Crippen molar-refractivity contribution in [3.63, 3.8) is 0 Å². The number of carbonyl (C=O) groups is 1. The number of amides is 1. The second-order valence-electron chi connectivity index (χ2n) is 5.82. The van der Waals surface area contributed by atoms with Crippen LogP contribution in [0.5, 0.6) is 0 Å². The number of allylic oxidation sites excluding steroid dienone is 1. The van der Waals surface area contributed by atoms with E-state index < -0.39 is 22.8 Å². The Labute approximate surface area is 164 Å². The monoisotopic (exact) mass is 401 g/mol. The molecule has 0 aliphatic heterocycles. The predicted molar refractivity (Wildman–Crippen MR) is 104 cm³/mol. The number of aromatic nitrogens is 4. The number of halogens is 2. The second-order valence-corrected chi connectivity index (χ2v) is 7.13. The van der Waals surface area contributed by atoms with Crippen molar-refractivity contribution in [2.75, 3.05) is 5.32 Å². The average Bonchev–Trinajstić information content (AvgIpc) is 3.07. The normalized spacial score (nSPS) is 11.8. The van der Waals surface area contributed by atoms with Crippen molar-refractivity contribution in [1.82, 2.24) is 19.7 Å². The van der Waals surface area contributed by atoms with Crippen LogP contribution in [-0.4, -0.2) is 30.9 Å². The van der Waals surface area contributed by atoms with Crippen molar-refractivity contribution >= 4 is 23.4 Å². The van der Waals surface area contributed by atoms with E-state index in [1.807, 2.05) is 10.6 Å². The Morgan fingerprint density at radius 3 is 2.86 bits per heavy atom. The Hall–Kier alpha value is -3.07. The van der Waals surface area contributed by atoms with Crippen molar-refractivity contribution in [2.45, 2.75) is 23.9 Å². The topological polar surface area (TPSA) is 72.7 Å². The van der Waals surface area contributed by atoms with E-state index in [1.165, 1.54) is 17.8 Å². The molecule has 0 fully saturated rings. The van der Waals surface area contributed by atoms with Crippen LogP contribution in [0.4, 0.5) is 14.5 Å². The number of hydrogen-bond acceptors (Lipinski definition) is 5. The van der Waals surface area contributed by atoms with Gasteiger partial charge >= 0.3 is 0 Å². The van der Waals surface area contributed by atoms with Crippen molar-refractivity contribution in [3.05, 3.63) is 67.0 Å². The first kappa shape index (κ1) is 19.7. The maximum absolute atomic E-state index is 13.8. The van der Waals surface area contributed by atoms with E-state index in [0.29, 0.717) is 23.6 Å². The van der Waals surface area contributed by atoms with Gasteiger partial charge in [-0.05, 0) is 31.2 Å². The van der Waals surface area contributed by atoms with Gasteiger partial charge in [0.1, 0.15) is 11.6 Å². The van der Waals surface area contributed by atoms with Gasteiger partial charge in [0.2, 0.25) is 5.91 Å². The molecule has 0 saturated carbocycles. The number of nitrogens with one attached hydrogen (secondary N) is 1. The molecule has 3 rings (SSSR count). The molecule has 0 bridgehead atoms. The molecule has 1 aromatic carbocycles. The number of rotatable bonds is 7. The zero-order chi connectivity index (χ0) is 20.1. The molecular formula is C19H17F2N5OS. The van der Waals surface area contributed by atoms with E-state index in [2.05, 4.69) is 27.1 Å². The number of nitrogens with zero attached hydrogens (tertiary/aromatic N) is 4. The first-order valence-corrected chi connectivity index (χ1v) is 9.24. The Kier molecular flexibility index (Phi) is 6.15. The predicted octanol–water partition coefficient (Wildman–Crippen LogP) is 3.92. The summed E-state index contributed by atoms with van der Waals surface area (Å²) in [6, 6.07) is 6.63. The zero-order valence-corrected chi connectivity index (χ0v) is 15.8. The third-order valence-corrected chi connectivity index (χ3v) is 4.87. The van der Waals surface area contributed by atoms with Crippen LogP contribution >= 0.6 is 11.8 Å². The van der Waals surface area contributed by atoms with Gasteiger partial charge in [0, 0.05) is 30.6 Å². The van der Waals surface area contributed by atoms with E-state index in [9.17, 15) is 13.6 Å². The SMILES string of the molecule is C=CCn1c(SC(C)C(=O)Nc2ccc(F)cc2F)nnc1-c1cccnc1. The highest BCUT2D eigenvalue weighted by molar-refractivity contribution is 8.00. The molecule has 3 aromatic rings. The van der Waals surface area contributed by atoms with Crippen LogP contribution in [0.1, 0.15) is 6.92 Å². The summed E-state index contributed by atoms with van der Waals surface area (Å²) in [4.78, 5) is 16.5. The van der Waals surface area contributed by atoms with E-state index >= 15 is 0 Å². The standard InChI is InChI=1S/C19H17F2N5OS/c1-3-9-26-17(13-5-4-8-22-11-13)24-25-19(26)28-12(2)18(27)23-16-7-6-14(20)10-15(16)21/h3-8,10-12H,1,9H2,2H3,(H,23,27). The van der Waals surface area contributed by atoms with Crippen molar-refractivity contribution in [3.8, 4) is 11.4 Å². The molecule has 144 valence electrons. The minimum Gasteiger partial charge on any atom is -0.323 e. The first-order chi connectivity index (χ1) is 13.5. The fourth-order valence-electron chi connectivity index (χ4n) is 2.41.